The van der Waals surface area contributed by atoms with E-state index in [-0.39, 0.29) is 10.8 Å². The van der Waals surface area contributed by atoms with Gasteiger partial charge >= 0.3 is 0 Å². The summed E-state index contributed by atoms with van der Waals surface area (Å²) in [6, 6.07) is 7.04. The summed E-state index contributed by atoms with van der Waals surface area (Å²) in [5.41, 5.74) is -1.20. The zero-order valence-corrected chi connectivity index (χ0v) is 13.7. The van der Waals surface area contributed by atoms with Crippen LogP contribution in [0.2, 0.25) is 0 Å². The molecule has 0 aromatic carbocycles. The topological polar surface area (TPSA) is 66.4 Å². The van der Waals surface area contributed by atoms with E-state index in [1.54, 1.807) is 19.1 Å². The van der Waals surface area contributed by atoms with Gasteiger partial charge in [-0.3, -0.25) is 0 Å². The molecule has 0 bridgehead atoms. The maximum Gasteiger partial charge on any atom is 0.250 e. The van der Waals surface area contributed by atoms with Crippen molar-refractivity contribution < 1.29 is 13.5 Å². The second kappa shape index (κ2) is 5.95. The molecule has 4 nitrogen and oxygen atoms in total. The van der Waals surface area contributed by atoms with Crippen molar-refractivity contribution in [3.05, 3.63) is 39.4 Å². The van der Waals surface area contributed by atoms with Gasteiger partial charge in [-0.25, -0.2) is 13.1 Å². The number of rotatable bonds is 6. The first kappa shape index (κ1) is 15.7. The maximum atomic E-state index is 12.2. The number of thiophene rings is 2. The first-order chi connectivity index (χ1) is 9.35. The van der Waals surface area contributed by atoms with E-state index in [9.17, 15) is 13.5 Å². The monoisotopic (exact) mass is 331 g/mol. The number of sulfonamides is 1. The van der Waals surface area contributed by atoms with Gasteiger partial charge in [-0.05, 0) is 36.9 Å². The highest BCUT2D eigenvalue weighted by molar-refractivity contribution is 7.91. The van der Waals surface area contributed by atoms with Crippen LogP contribution in [0.25, 0.3) is 0 Å². The largest absolute Gasteiger partial charge is 0.383 e. The summed E-state index contributed by atoms with van der Waals surface area (Å²) in [6.07, 6.45) is 0.813. The lowest BCUT2D eigenvalue weighted by Gasteiger charge is -2.21. The Morgan fingerprint density at radius 1 is 1.35 bits per heavy atom. The van der Waals surface area contributed by atoms with Crippen molar-refractivity contribution in [2.45, 2.75) is 30.1 Å². The SMILES string of the molecule is CCc1ccc(S(=O)(=O)NCC(C)(O)c2cccs2)s1. The van der Waals surface area contributed by atoms with Crippen molar-refractivity contribution in [1.82, 2.24) is 4.72 Å². The van der Waals surface area contributed by atoms with Crippen LogP contribution < -0.4 is 4.72 Å². The fourth-order valence-corrected chi connectivity index (χ4v) is 4.93. The zero-order chi connectivity index (χ0) is 14.8. The fourth-order valence-electron chi connectivity index (χ4n) is 1.67. The highest BCUT2D eigenvalue weighted by Crippen LogP contribution is 2.26. The standard InChI is InChI=1S/C13H17NO3S3/c1-3-10-6-7-12(19-10)20(16,17)14-9-13(2,15)11-5-4-8-18-11/h4-8,14-15H,3,9H2,1-2H3. The molecule has 0 saturated heterocycles. The predicted octanol–water partition coefficient (Wildman–Crippen LogP) is 2.56. The summed E-state index contributed by atoms with van der Waals surface area (Å²) >= 11 is 2.66. The second-order valence-corrected chi connectivity index (χ2v) is 8.76. The van der Waals surface area contributed by atoms with Gasteiger partial charge in [0.15, 0.2) is 0 Å². The van der Waals surface area contributed by atoms with Crippen molar-refractivity contribution in [3.8, 4) is 0 Å². The molecule has 2 heterocycles. The Balaban J connectivity index is 2.09. The third-order valence-corrected chi connectivity index (χ3v) is 7.15. The molecular weight excluding hydrogens is 314 g/mol. The van der Waals surface area contributed by atoms with Gasteiger partial charge in [-0.15, -0.1) is 22.7 Å². The quantitative estimate of drug-likeness (QED) is 0.855. The Kier molecular flexibility index (Phi) is 4.66. The second-order valence-electron chi connectivity index (χ2n) is 4.65. The van der Waals surface area contributed by atoms with Gasteiger partial charge in [-0.1, -0.05) is 13.0 Å². The Bertz CT molecular complexity index is 657. The molecule has 0 radical (unpaired) electrons. The van der Waals surface area contributed by atoms with E-state index in [0.29, 0.717) is 0 Å². The van der Waals surface area contributed by atoms with E-state index >= 15 is 0 Å². The lowest BCUT2D eigenvalue weighted by molar-refractivity contribution is 0.0666. The van der Waals surface area contributed by atoms with Crippen molar-refractivity contribution in [2.75, 3.05) is 6.54 Å². The number of hydrogen-bond donors (Lipinski definition) is 2. The Hall–Kier alpha value is -0.730. The molecule has 0 fully saturated rings. The molecule has 2 rings (SSSR count). The van der Waals surface area contributed by atoms with Crippen LogP contribution >= 0.6 is 22.7 Å². The van der Waals surface area contributed by atoms with Gasteiger partial charge in [0, 0.05) is 16.3 Å². The molecule has 0 aliphatic heterocycles. The highest BCUT2D eigenvalue weighted by atomic mass is 32.2. The zero-order valence-electron chi connectivity index (χ0n) is 11.3. The summed E-state index contributed by atoms with van der Waals surface area (Å²) in [7, 11) is -3.56. The molecule has 0 spiro atoms. The molecule has 1 unspecified atom stereocenters. The van der Waals surface area contributed by atoms with Gasteiger partial charge in [0.2, 0.25) is 10.0 Å². The molecule has 1 atom stereocenters. The van der Waals surface area contributed by atoms with E-state index in [4.69, 9.17) is 0 Å². The third kappa shape index (κ3) is 3.48. The summed E-state index contributed by atoms with van der Waals surface area (Å²) in [6.45, 7) is 3.54. The predicted molar refractivity (Wildman–Crippen MR) is 82.8 cm³/mol. The first-order valence-electron chi connectivity index (χ1n) is 6.20. The highest BCUT2D eigenvalue weighted by Gasteiger charge is 2.27. The maximum absolute atomic E-state index is 12.2. The van der Waals surface area contributed by atoms with Crippen LogP contribution in [0.4, 0.5) is 0 Å². The number of aliphatic hydroxyl groups is 1. The Labute approximate surface area is 127 Å². The van der Waals surface area contributed by atoms with Crippen LogP contribution in [0.15, 0.2) is 33.9 Å². The Morgan fingerprint density at radius 2 is 2.10 bits per heavy atom. The van der Waals surface area contributed by atoms with Gasteiger partial charge < -0.3 is 5.11 Å². The smallest absolute Gasteiger partial charge is 0.250 e. The minimum atomic E-state index is -3.56. The molecule has 2 aromatic heterocycles. The van der Waals surface area contributed by atoms with E-state index in [0.717, 1.165) is 16.2 Å². The van der Waals surface area contributed by atoms with Crippen molar-refractivity contribution >= 4 is 32.7 Å². The van der Waals surface area contributed by atoms with Crippen LogP contribution in [-0.2, 0) is 22.0 Å². The summed E-state index contributed by atoms with van der Waals surface area (Å²) in [5, 5.41) is 12.2. The lowest BCUT2D eigenvalue weighted by atomic mass is 10.1. The Morgan fingerprint density at radius 3 is 2.65 bits per heavy atom. The normalized spacial score (nSPS) is 15.2. The average molecular weight is 331 g/mol. The summed E-state index contributed by atoms with van der Waals surface area (Å²) in [5.74, 6) is 0. The van der Waals surface area contributed by atoms with Crippen LogP contribution in [-0.4, -0.2) is 20.1 Å². The van der Waals surface area contributed by atoms with Crippen LogP contribution in [0, 0.1) is 0 Å². The van der Waals surface area contributed by atoms with Gasteiger partial charge in [0.25, 0.3) is 0 Å². The molecule has 2 aromatic rings. The molecule has 0 aliphatic carbocycles. The van der Waals surface area contributed by atoms with E-state index in [1.807, 2.05) is 24.4 Å². The molecule has 0 aliphatic rings. The molecule has 110 valence electrons. The summed E-state index contributed by atoms with van der Waals surface area (Å²) < 4.78 is 27.1. The molecule has 0 amide bonds. The van der Waals surface area contributed by atoms with E-state index in [2.05, 4.69) is 4.72 Å². The molecule has 0 saturated carbocycles. The summed E-state index contributed by atoms with van der Waals surface area (Å²) in [4.78, 5) is 1.76. The van der Waals surface area contributed by atoms with Crippen LogP contribution in [0.1, 0.15) is 23.6 Å². The van der Waals surface area contributed by atoms with E-state index < -0.39 is 15.6 Å². The number of aryl methyl sites for hydroxylation is 1. The number of nitrogens with one attached hydrogen (secondary N) is 1. The van der Waals surface area contributed by atoms with Crippen molar-refractivity contribution in [3.63, 3.8) is 0 Å². The van der Waals surface area contributed by atoms with Crippen LogP contribution in [0.3, 0.4) is 0 Å². The lowest BCUT2D eigenvalue weighted by Crippen LogP contribution is -2.37. The van der Waals surface area contributed by atoms with E-state index in [1.165, 1.54) is 22.7 Å². The third-order valence-electron chi connectivity index (χ3n) is 2.91. The van der Waals surface area contributed by atoms with Crippen LogP contribution in [0.5, 0.6) is 0 Å². The first-order valence-corrected chi connectivity index (χ1v) is 9.38. The minimum absolute atomic E-state index is 0.0464. The molecule has 20 heavy (non-hydrogen) atoms. The van der Waals surface area contributed by atoms with Gasteiger partial charge in [0.05, 0.1) is 0 Å². The van der Waals surface area contributed by atoms with Gasteiger partial charge in [0.1, 0.15) is 9.81 Å². The average Bonchev–Trinajstić information content (AvgIpc) is 3.07. The number of hydrogen-bond acceptors (Lipinski definition) is 5. The molecule has 7 heteroatoms. The molecule has 2 N–H and O–H groups in total. The van der Waals surface area contributed by atoms with Crippen molar-refractivity contribution in [1.29, 1.82) is 0 Å². The van der Waals surface area contributed by atoms with Crippen molar-refractivity contribution in [2.24, 2.45) is 0 Å². The minimum Gasteiger partial charge on any atom is -0.383 e. The van der Waals surface area contributed by atoms with Gasteiger partial charge in [-0.2, -0.15) is 0 Å². The molecular formula is C13H17NO3S3. The fraction of sp³-hybridized carbons (Fsp3) is 0.385.